The fraction of sp³-hybridized carbons (Fsp3) is 0. The van der Waals surface area contributed by atoms with Gasteiger partial charge in [0.25, 0.3) is 0 Å². The maximum Gasteiger partial charge on any atom is 2.00 e. The molecule has 0 unspecified atom stereocenters. The van der Waals surface area contributed by atoms with E-state index in [-0.39, 0.29) is 54.4 Å². The number of rotatable bonds is 0. The van der Waals surface area contributed by atoms with E-state index in [1.165, 1.54) is 0 Å². The normalized spacial score (nSPS) is 8.57. The molecule has 0 saturated heterocycles. The smallest absolute Gasteiger partial charge is 2.00 e. The Morgan fingerprint density at radius 2 is 0.857 bits per heavy atom. The second kappa shape index (κ2) is 5.72. The summed E-state index contributed by atoms with van der Waals surface area (Å²) in [5, 5.41) is 0. The van der Waals surface area contributed by atoms with Crippen molar-refractivity contribution in [3.63, 3.8) is 0 Å². The van der Waals surface area contributed by atoms with Gasteiger partial charge in [0.15, 0.2) is 0 Å². The van der Waals surface area contributed by atoms with Gasteiger partial charge in [-0.2, -0.15) is 0 Å². The first-order chi connectivity index (χ1) is 2.00. The fourth-order valence-electron chi connectivity index (χ4n) is 0. The van der Waals surface area contributed by atoms with Crippen LogP contribution in [-0.4, -0.2) is 77.1 Å². The Kier molecular flexibility index (Phi) is 12.9. The molecule has 0 radical (unpaired) electrons. The van der Waals surface area contributed by atoms with E-state index in [9.17, 15) is 0 Å². The van der Waals surface area contributed by atoms with Gasteiger partial charge in [0, 0.05) is 0 Å². The van der Waals surface area contributed by atoms with Gasteiger partial charge >= 0.3 is 57.9 Å². The molecule has 0 heterocycles. The summed E-state index contributed by atoms with van der Waals surface area (Å²) in [4.78, 5) is 29.3. The third kappa shape index (κ3) is 93.9. The third-order valence-corrected chi connectivity index (χ3v) is 0. The summed E-state index contributed by atoms with van der Waals surface area (Å²) in [6.45, 7) is 0. The van der Waals surface area contributed by atoms with Crippen molar-refractivity contribution in [2.24, 2.45) is 0 Å². The number of hydrogen-bond acceptors (Lipinski definition) is 4. The Labute approximate surface area is 81.5 Å². The van der Waals surface area contributed by atoms with Crippen molar-refractivity contribution in [2.75, 3.05) is 0 Å². The molecule has 0 aliphatic rings. The van der Waals surface area contributed by atoms with E-state index >= 15 is 0 Å². The summed E-state index contributed by atoms with van der Waals surface area (Å²) >= 11 is 0. The standard InChI is InChI=1S/Ba.H4O4Si.O/c;1-5(2,3)4;/h;1-4H;/q+2;;-2. The van der Waals surface area contributed by atoms with Crippen LogP contribution in [0.15, 0.2) is 0 Å². The van der Waals surface area contributed by atoms with E-state index in [1.807, 2.05) is 0 Å². The molecule has 0 spiro atoms. The van der Waals surface area contributed by atoms with Crippen LogP contribution in [0.2, 0.25) is 0 Å². The van der Waals surface area contributed by atoms with Gasteiger partial charge in [-0.05, 0) is 0 Å². The molecule has 0 saturated carbocycles. The van der Waals surface area contributed by atoms with Crippen molar-refractivity contribution in [3.8, 4) is 0 Å². The molecule has 0 fully saturated rings. The van der Waals surface area contributed by atoms with Gasteiger partial charge in [0.1, 0.15) is 0 Å². The minimum Gasteiger partial charge on any atom is -2.00 e. The maximum absolute atomic E-state index is 7.33. The average molecular weight is 249 g/mol. The van der Waals surface area contributed by atoms with Crippen molar-refractivity contribution in [2.45, 2.75) is 0 Å². The van der Waals surface area contributed by atoms with Crippen molar-refractivity contribution in [1.29, 1.82) is 0 Å². The second-order valence-electron chi connectivity index (χ2n) is 0.600. The van der Waals surface area contributed by atoms with Gasteiger partial charge in [0.2, 0.25) is 0 Å². The van der Waals surface area contributed by atoms with Crippen LogP contribution in [0, 0.1) is 0 Å². The Balaban J connectivity index is -0.0000000800. The molecular weight excluding hydrogens is 245 g/mol. The molecule has 0 aromatic heterocycles. The molecule has 0 rings (SSSR count). The Hall–Kier alpha value is 1.59. The zero-order valence-corrected chi connectivity index (χ0v) is 8.84. The van der Waals surface area contributed by atoms with Crippen molar-refractivity contribution in [1.82, 2.24) is 0 Å². The zero-order valence-electron chi connectivity index (χ0n) is 3.40. The van der Waals surface area contributed by atoms with Gasteiger partial charge < -0.3 is 24.7 Å². The molecule has 4 N–H and O–H groups in total. The largest absolute Gasteiger partial charge is 2.00 e. The summed E-state index contributed by atoms with van der Waals surface area (Å²) in [6, 6.07) is 0. The van der Waals surface area contributed by atoms with Crippen LogP contribution in [0.5, 0.6) is 0 Å². The Bertz CT molecular complexity index is 23.6. The third-order valence-electron chi connectivity index (χ3n) is 0. The van der Waals surface area contributed by atoms with E-state index in [1.54, 1.807) is 0 Å². The van der Waals surface area contributed by atoms with Crippen LogP contribution in [0.3, 0.4) is 0 Å². The van der Waals surface area contributed by atoms with Gasteiger partial charge in [-0.1, -0.05) is 0 Å². The molecular formula is H4BaO5Si. The van der Waals surface area contributed by atoms with Gasteiger partial charge in [-0.15, -0.1) is 0 Å². The summed E-state index contributed by atoms with van der Waals surface area (Å²) in [5.41, 5.74) is 0. The quantitative estimate of drug-likeness (QED) is 0.341. The molecule has 40 valence electrons. The summed E-state index contributed by atoms with van der Waals surface area (Å²) < 4.78 is 0. The van der Waals surface area contributed by atoms with Crippen LogP contribution in [-0.2, 0) is 5.48 Å². The minimum atomic E-state index is -4.61. The first-order valence-electron chi connectivity index (χ1n) is 0.894. The molecule has 0 aromatic carbocycles. The molecule has 0 atom stereocenters. The minimum absolute atomic E-state index is 0. The molecule has 7 heavy (non-hydrogen) atoms. The van der Waals surface area contributed by atoms with E-state index in [2.05, 4.69) is 0 Å². The predicted molar refractivity (Wildman–Crippen MR) is 21.1 cm³/mol. The van der Waals surface area contributed by atoms with Gasteiger partial charge in [-0.25, -0.2) is 0 Å². The molecule has 0 aromatic rings. The summed E-state index contributed by atoms with van der Waals surface area (Å²) in [5.74, 6) is 0. The maximum atomic E-state index is 7.33. The van der Waals surface area contributed by atoms with Crippen LogP contribution >= 0.6 is 0 Å². The van der Waals surface area contributed by atoms with Crippen LogP contribution in [0.4, 0.5) is 0 Å². The Morgan fingerprint density at radius 1 is 0.857 bits per heavy atom. The number of hydrogen-bond donors (Lipinski definition) is 4. The average Bonchev–Trinajstić information content (AvgIpc) is 0.722. The summed E-state index contributed by atoms with van der Waals surface area (Å²) in [6.07, 6.45) is 0. The van der Waals surface area contributed by atoms with E-state index in [0.717, 1.165) is 0 Å². The predicted octanol–water partition coefficient (Wildman–Crippen LogP) is -3.11. The zero-order chi connectivity index (χ0) is 4.50. The van der Waals surface area contributed by atoms with E-state index < -0.39 is 9.05 Å². The molecule has 0 bridgehead atoms. The van der Waals surface area contributed by atoms with Gasteiger partial charge in [-0.3, -0.25) is 0 Å². The van der Waals surface area contributed by atoms with Gasteiger partial charge in [0.05, 0.1) is 0 Å². The van der Waals surface area contributed by atoms with Crippen LogP contribution < -0.4 is 0 Å². The van der Waals surface area contributed by atoms with Crippen molar-refractivity contribution >= 4 is 57.9 Å². The first-order valence-corrected chi connectivity index (χ1v) is 2.68. The topological polar surface area (TPSA) is 109 Å². The van der Waals surface area contributed by atoms with E-state index in [0.29, 0.717) is 0 Å². The van der Waals surface area contributed by atoms with Crippen LogP contribution in [0.25, 0.3) is 0 Å². The van der Waals surface area contributed by atoms with E-state index in [4.69, 9.17) is 19.2 Å². The SMILES string of the molecule is O[Si](O)(O)O.[Ba+2].[O-2]. The Morgan fingerprint density at radius 3 is 0.857 bits per heavy atom. The monoisotopic (exact) mass is 250 g/mol. The molecule has 0 aliphatic heterocycles. The first kappa shape index (κ1) is 15.8. The molecule has 0 aliphatic carbocycles. The fourth-order valence-corrected chi connectivity index (χ4v) is 0. The molecule has 7 heteroatoms. The molecule has 0 amide bonds. The second-order valence-corrected chi connectivity index (χ2v) is 1.80. The van der Waals surface area contributed by atoms with Crippen LogP contribution in [0.1, 0.15) is 0 Å². The van der Waals surface area contributed by atoms with Crippen molar-refractivity contribution < 1.29 is 24.7 Å². The van der Waals surface area contributed by atoms with Crippen molar-refractivity contribution in [3.05, 3.63) is 0 Å². The molecule has 5 nitrogen and oxygen atoms in total. The summed E-state index contributed by atoms with van der Waals surface area (Å²) in [7, 11) is -4.61.